The van der Waals surface area contributed by atoms with E-state index in [4.69, 9.17) is 16.3 Å². The van der Waals surface area contributed by atoms with Gasteiger partial charge in [0.2, 0.25) is 11.9 Å². The summed E-state index contributed by atoms with van der Waals surface area (Å²) in [5, 5.41) is 12.8. The number of halogens is 1. The van der Waals surface area contributed by atoms with Crippen molar-refractivity contribution >= 4 is 40.9 Å². The van der Waals surface area contributed by atoms with E-state index < -0.39 is 0 Å². The van der Waals surface area contributed by atoms with E-state index in [0.29, 0.717) is 24.2 Å². The molecule has 1 aliphatic heterocycles. The molecule has 152 valence electrons. The Labute approximate surface area is 174 Å². The highest BCUT2D eigenvalue weighted by Gasteiger charge is 2.24. The Kier molecular flexibility index (Phi) is 7.20. The van der Waals surface area contributed by atoms with Crippen molar-refractivity contribution in [3.05, 3.63) is 29.3 Å². The SMILES string of the molecule is CC(C)Cn1c(S[C@@H](C)C(=O)Nc2ccc(Cl)cc2)nnc1N1CCOCC1. The van der Waals surface area contributed by atoms with Crippen molar-refractivity contribution in [2.45, 2.75) is 37.7 Å². The average molecular weight is 424 g/mol. The van der Waals surface area contributed by atoms with Crippen LogP contribution in [0.3, 0.4) is 0 Å². The molecule has 1 atom stereocenters. The van der Waals surface area contributed by atoms with Gasteiger partial charge in [-0.2, -0.15) is 0 Å². The minimum atomic E-state index is -0.316. The molecule has 2 heterocycles. The minimum absolute atomic E-state index is 0.0839. The molecule has 0 bridgehead atoms. The van der Waals surface area contributed by atoms with Crippen LogP contribution in [0.1, 0.15) is 20.8 Å². The molecule has 1 aromatic heterocycles. The molecule has 1 fully saturated rings. The lowest BCUT2D eigenvalue weighted by atomic mass is 10.2. The first kappa shape index (κ1) is 21.0. The number of amides is 1. The monoisotopic (exact) mass is 423 g/mol. The van der Waals surface area contributed by atoms with Gasteiger partial charge < -0.3 is 15.0 Å². The lowest BCUT2D eigenvalue weighted by Gasteiger charge is -2.28. The minimum Gasteiger partial charge on any atom is -0.378 e. The van der Waals surface area contributed by atoms with E-state index in [1.54, 1.807) is 24.3 Å². The van der Waals surface area contributed by atoms with Crippen LogP contribution in [0.4, 0.5) is 11.6 Å². The Morgan fingerprint density at radius 3 is 2.54 bits per heavy atom. The van der Waals surface area contributed by atoms with E-state index in [2.05, 4.69) is 38.8 Å². The lowest BCUT2D eigenvalue weighted by molar-refractivity contribution is -0.115. The van der Waals surface area contributed by atoms with Gasteiger partial charge in [-0.25, -0.2) is 0 Å². The first-order chi connectivity index (χ1) is 13.4. The fourth-order valence-corrected chi connectivity index (χ4v) is 3.86. The van der Waals surface area contributed by atoms with Crippen molar-refractivity contribution in [2.24, 2.45) is 5.92 Å². The maximum absolute atomic E-state index is 12.6. The van der Waals surface area contributed by atoms with Gasteiger partial charge in [0.1, 0.15) is 0 Å². The highest BCUT2D eigenvalue weighted by Crippen LogP contribution is 2.28. The topological polar surface area (TPSA) is 72.3 Å². The predicted molar refractivity (Wildman–Crippen MR) is 113 cm³/mol. The number of carbonyl (C=O) groups is 1. The maximum atomic E-state index is 12.6. The second-order valence-corrected chi connectivity index (χ2v) is 8.89. The summed E-state index contributed by atoms with van der Waals surface area (Å²) in [7, 11) is 0. The van der Waals surface area contributed by atoms with Crippen molar-refractivity contribution in [3.8, 4) is 0 Å². The van der Waals surface area contributed by atoms with Gasteiger partial charge in [0.15, 0.2) is 5.16 Å². The van der Waals surface area contributed by atoms with Crippen LogP contribution in [0.15, 0.2) is 29.4 Å². The summed E-state index contributed by atoms with van der Waals surface area (Å²) in [5.74, 6) is 1.21. The molecule has 7 nitrogen and oxygen atoms in total. The van der Waals surface area contributed by atoms with Gasteiger partial charge in [-0.3, -0.25) is 9.36 Å². The molecule has 3 rings (SSSR count). The van der Waals surface area contributed by atoms with Crippen LogP contribution in [0.2, 0.25) is 5.02 Å². The Hall–Kier alpha value is -1.77. The smallest absolute Gasteiger partial charge is 0.237 e. The van der Waals surface area contributed by atoms with Gasteiger partial charge in [0.05, 0.1) is 18.5 Å². The van der Waals surface area contributed by atoms with E-state index in [9.17, 15) is 4.79 Å². The molecule has 28 heavy (non-hydrogen) atoms. The summed E-state index contributed by atoms with van der Waals surface area (Å²) < 4.78 is 7.56. The van der Waals surface area contributed by atoms with Crippen LogP contribution in [-0.4, -0.2) is 52.2 Å². The average Bonchev–Trinajstić information content (AvgIpc) is 3.06. The Bertz CT molecular complexity index is 790. The molecule has 2 aromatic rings. The summed E-state index contributed by atoms with van der Waals surface area (Å²) in [4.78, 5) is 14.8. The number of carbonyl (C=O) groups excluding carboxylic acids is 1. The fourth-order valence-electron chi connectivity index (χ4n) is 2.88. The van der Waals surface area contributed by atoms with Crippen LogP contribution >= 0.6 is 23.4 Å². The second kappa shape index (κ2) is 9.62. The molecule has 1 saturated heterocycles. The molecule has 9 heteroatoms. The number of morpholine rings is 1. The summed E-state index contributed by atoms with van der Waals surface area (Å²) in [6, 6.07) is 7.08. The summed E-state index contributed by atoms with van der Waals surface area (Å²) in [5.41, 5.74) is 0.722. The molecule has 1 amide bonds. The van der Waals surface area contributed by atoms with Crippen LogP contribution in [0.25, 0.3) is 0 Å². The molecule has 0 spiro atoms. The second-order valence-electron chi connectivity index (χ2n) is 7.14. The van der Waals surface area contributed by atoms with Gasteiger partial charge in [-0.15, -0.1) is 10.2 Å². The third-order valence-electron chi connectivity index (χ3n) is 4.30. The third kappa shape index (κ3) is 5.40. The zero-order valence-electron chi connectivity index (χ0n) is 16.4. The van der Waals surface area contributed by atoms with E-state index >= 15 is 0 Å². The molecule has 1 aliphatic rings. The fraction of sp³-hybridized carbons (Fsp3) is 0.526. The molecule has 0 saturated carbocycles. The first-order valence-electron chi connectivity index (χ1n) is 9.43. The number of hydrogen-bond acceptors (Lipinski definition) is 6. The van der Waals surface area contributed by atoms with Crippen molar-refractivity contribution in [2.75, 3.05) is 36.5 Å². The van der Waals surface area contributed by atoms with Crippen molar-refractivity contribution in [1.29, 1.82) is 0 Å². The zero-order chi connectivity index (χ0) is 20.1. The standard InChI is InChI=1S/C19H26ClN5O2S/c1-13(2)12-25-18(24-8-10-27-11-9-24)22-23-19(25)28-14(3)17(26)21-16-6-4-15(20)5-7-16/h4-7,13-14H,8-12H2,1-3H3,(H,21,26)/t14-/m0/s1. The van der Waals surface area contributed by atoms with E-state index in [1.807, 2.05) is 6.92 Å². The molecule has 1 aromatic carbocycles. The van der Waals surface area contributed by atoms with Gasteiger partial charge in [-0.05, 0) is 37.1 Å². The zero-order valence-corrected chi connectivity index (χ0v) is 18.0. The van der Waals surface area contributed by atoms with Crippen LogP contribution in [-0.2, 0) is 16.1 Å². The predicted octanol–water partition coefficient (Wildman–Crippen LogP) is 3.54. The van der Waals surface area contributed by atoms with Gasteiger partial charge >= 0.3 is 0 Å². The number of ether oxygens (including phenoxy) is 1. The summed E-state index contributed by atoms with van der Waals surface area (Å²) in [6.45, 7) is 9.98. The first-order valence-corrected chi connectivity index (χ1v) is 10.7. The summed E-state index contributed by atoms with van der Waals surface area (Å²) in [6.07, 6.45) is 0. The Morgan fingerprint density at radius 1 is 1.21 bits per heavy atom. The molecule has 0 radical (unpaired) electrons. The summed E-state index contributed by atoms with van der Waals surface area (Å²) >= 11 is 7.32. The van der Waals surface area contributed by atoms with Crippen LogP contribution in [0.5, 0.6) is 0 Å². The van der Waals surface area contributed by atoms with E-state index in [-0.39, 0.29) is 11.2 Å². The van der Waals surface area contributed by atoms with Crippen LogP contribution in [0, 0.1) is 5.92 Å². The maximum Gasteiger partial charge on any atom is 0.237 e. The third-order valence-corrected chi connectivity index (χ3v) is 5.63. The number of rotatable bonds is 7. The number of anilines is 2. The Balaban J connectivity index is 1.71. The highest BCUT2D eigenvalue weighted by atomic mass is 35.5. The van der Waals surface area contributed by atoms with Crippen LogP contribution < -0.4 is 10.2 Å². The number of benzene rings is 1. The normalized spacial score (nSPS) is 15.7. The number of aromatic nitrogens is 3. The number of hydrogen-bond donors (Lipinski definition) is 1. The molecular weight excluding hydrogens is 398 g/mol. The van der Waals surface area contributed by atoms with Gasteiger partial charge in [-0.1, -0.05) is 37.2 Å². The van der Waals surface area contributed by atoms with Crippen molar-refractivity contribution in [1.82, 2.24) is 14.8 Å². The molecule has 0 aliphatic carbocycles. The molecule has 0 unspecified atom stereocenters. The highest BCUT2D eigenvalue weighted by molar-refractivity contribution is 8.00. The van der Waals surface area contributed by atoms with E-state index in [0.717, 1.165) is 36.4 Å². The van der Waals surface area contributed by atoms with Crippen molar-refractivity contribution < 1.29 is 9.53 Å². The number of nitrogens with zero attached hydrogens (tertiary/aromatic N) is 4. The molecule has 1 N–H and O–H groups in total. The number of thioether (sulfide) groups is 1. The van der Waals surface area contributed by atoms with Gasteiger partial charge in [0, 0.05) is 30.3 Å². The quantitative estimate of drug-likeness (QED) is 0.686. The number of nitrogens with one attached hydrogen (secondary N) is 1. The van der Waals surface area contributed by atoms with Gasteiger partial charge in [0.25, 0.3) is 0 Å². The lowest BCUT2D eigenvalue weighted by Crippen LogP contribution is -2.38. The largest absolute Gasteiger partial charge is 0.378 e. The van der Waals surface area contributed by atoms with Crippen molar-refractivity contribution in [3.63, 3.8) is 0 Å². The Morgan fingerprint density at radius 2 is 1.89 bits per heavy atom. The molecular formula is C19H26ClN5O2S. The van der Waals surface area contributed by atoms with E-state index in [1.165, 1.54) is 11.8 Å².